The molecule has 0 radical (unpaired) electrons. The van der Waals surface area contributed by atoms with Crippen molar-refractivity contribution in [3.63, 3.8) is 0 Å². The van der Waals surface area contributed by atoms with Crippen molar-refractivity contribution < 1.29 is 18.7 Å². The lowest BCUT2D eigenvalue weighted by Crippen LogP contribution is -2.33. The first-order valence-electron chi connectivity index (χ1n) is 9.85. The fourth-order valence-electron chi connectivity index (χ4n) is 4.03. The molecule has 8 heteroatoms. The standard InChI is InChI=1S/C22H23N3O4S/c26-22(27)13-14-24-20-7-4-8-21(19(20)15-23-24)25(30(28)29)18-11-9-17(10-12-18)16-5-2-1-3-6-16/h1-3,5-6,9-12,15,21H,4,7-8,13-14H2,(H,26,27)(H,28,29)/p-1. The van der Waals surface area contributed by atoms with Crippen LogP contribution in [-0.4, -0.2) is 29.6 Å². The summed E-state index contributed by atoms with van der Waals surface area (Å²) in [7, 11) is 0. The number of hydrogen-bond donors (Lipinski definition) is 1. The SMILES string of the molecule is O=C(O)CCn1ncc2c1CCCC2N(c1ccc(-c2ccccc2)cc1)S(=O)[O-]. The first-order valence-corrected chi connectivity index (χ1v) is 10.9. The summed E-state index contributed by atoms with van der Waals surface area (Å²) in [5.74, 6) is -0.882. The molecule has 0 aliphatic heterocycles. The average Bonchev–Trinajstić information content (AvgIpc) is 3.17. The highest BCUT2D eigenvalue weighted by atomic mass is 32.2. The van der Waals surface area contributed by atoms with E-state index in [1.807, 2.05) is 54.6 Å². The van der Waals surface area contributed by atoms with Crippen LogP contribution in [0.1, 0.15) is 36.6 Å². The highest BCUT2D eigenvalue weighted by Crippen LogP contribution is 2.38. The van der Waals surface area contributed by atoms with Crippen molar-refractivity contribution in [2.24, 2.45) is 0 Å². The summed E-state index contributed by atoms with van der Waals surface area (Å²) < 4.78 is 27.5. The molecule has 2 atom stereocenters. The number of aromatic nitrogens is 2. The van der Waals surface area contributed by atoms with E-state index in [1.165, 1.54) is 4.31 Å². The number of aliphatic carboxylic acids is 1. The lowest BCUT2D eigenvalue weighted by molar-refractivity contribution is -0.137. The van der Waals surface area contributed by atoms with Gasteiger partial charge in [0.2, 0.25) is 0 Å². The van der Waals surface area contributed by atoms with Gasteiger partial charge >= 0.3 is 5.97 Å². The quantitative estimate of drug-likeness (QED) is 0.583. The van der Waals surface area contributed by atoms with Crippen molar-refractivity contribution in [3.05, 3.63) is 72.1 Å². The second-order valence-corrected chi connectivity index (χ2v) is 8.10. The Morgan fingerprint density at radius 2 is 1.87 bits per heavy atom. The van der Waals surface area contributed by atoms with E-state index in [9.17, 15) is 13.6 Å². The number of carboxylic acids is 1. The summed E-state index contributed by atoms with van der Waals surface area (Å²) in [6.07, 6.45) is 3.92. The van der Waals surface area contributed by atoms with Gasteiger partial charge in [0, 0.05) is 28.2 Å². The Hall–Kier alpha value is -2.97. The van der Waals surface area contributed by atoms with Gasteiger partial charge in [-0.05, 0) is 42.5 Å². The van der Waals surface area contributed by atoms with Gasteiger partial charge in [-0.2, -0.15) is 5.10 Å². The van der Waals surface area contributed by atoms with Gasteiger partial charge in [-0.15, -0.1) is 0 Å². The van der Waals surface area contributed by atoms with E-state index in [4.69, 9.17) is 5.11 Å². The number of rotatable bonds is 7. The normalized spacial score (nSPS) is 16.6. The first kappa shape index (κ1) is 20.3. The molecule has 0 fully saturated rings. The molecule has 2 unspecified atom stereocenters. The van der Waals surface area contributed by atoms with Gasteiger partial charge in [-0.1, -0.05) is 42.5 Å². The number of nitrogens with zero attached hydrogens (tertiary/aromatic N) is 3. The minimum atomic E-state index is -2.46. The predicted octanol–water partition coefficient (Wildman–Crippen LogP) is 3.70. The zero-order valence-electron chi connectivity index (χ0n) is 16.3. The lowest BCUT2D eigenvalue weighted by Gasteiger charge is -2.37. The Morgan fingerprint density at radius 1 is 1.17 bits per heavy atom. The van der Waals surface area contributed by atoms with E-state index < -0.39 is 17.2 Å². The molecule has 0 amide bonds. The molecule has 0 bridgehead atoms. The third-order valence-electron chi connectivity index (χ3n) is 5.44. The van der Waals surface area contributed by atoms with E-state index in [2.05, 4.69) is 5.10 Å². The fourth-order valence-corrected chi connectivity index (χ4v) is 4.75. The Balaban J connectivity index is 1.63. The molecule has 1 aliphatic rings. The summed E-state index contributed by atoms with van der Waals surface area (Å²) in [4.78, 5) is 10.9. The molecule has 0 saturated carbocycles. The maximum absolute atomic E-state index is 12.2. The van der Waals surface area contributed by atoms with Crippen LogP contribution in [0.15, 0.2) is 60.8 Å². The fraction of sp³-hybridized carbons (Fsp3) is 0.273. The molecule has 2 aromatic carbocycles. The van der Waals surface area contributed by atoms with Gasteiger partial charge in [0.05, 0.1) is 25.2 Å². The Morgan fingerprint density at radius 3 is 2.53 bits per heavy atom. The third-order valence-corrected chi connectivity index (χ3v) is 6.23. The van der Waals surface area contributed by atoms with Crippen LogP contribution < -0.4 is 4.31 Å². The van der Waals surface area contributed by atoms with Gasteiger partial charge in [0.25, 0.3) is 0 Å². The number of fused-ring (bicyclic) bond motifs is 1. The number of aryl methyl sites for hydroxylation is 1. The van der Waals surface area contributed by atoms with E-state index >= 15 is 0 Å². The first-order chi connectivity index (χ1) is 14.5. The molecule has 4 rings (SSSR count). The monoisotopic (exact) mass is 424 g/mol. The second-order valence-electron chi connectivity index (χ2n) is 7.28. The van der Waals surface area contributed by atoms with E-state index in [1.54, 1.807) is 10.9 Å². The third kappa shape index (κ3) is 4.15. The summed E-state index contributed by atoms with van der Waals surface area (Å²) in [5, 5.41) is 13.3. The minimum absolute atomic E-state index is 0.0169. The molecule has 0 spiro atoms. The Bertz CT molecular complexity index is 1050. The molecular weight excluding hydrogens is 402 g/mol. The zero-order chi connectivity index (χ0) is 21.1. The van der Waals surface area contributed by atoms with Crippen LogP contribution in [0.5, 0.6) is 0 Å². The summed E-state index contributed by atoms with van der Waals surface area (Å²) in [6.45, 7) is 0.281. The molecule has 1 aromatic heterocycles. The van der Waals surface area contributed by atoms with Crippen molar-refractivity contribution in [3.8, 4) is 11.1 Å². The molecule has 3 aromatic rings. The highest BCUT2D eigenvalue weighted by Gasteiger charge is 2.30. The molecule has 30 heavy (non-hydrogen) atoms. The average molecular weight is 425 g/mol. The molecule has 1 N–H and O–H groups in total. The Labute approximate surface area is 177 Å². The van der Waals surface area contributed by atoms with E-state index in [0.717, 1.165) is 35.2 Å². The maximum atomic E-state index is 12.2. The van der Waals surface area contributed by atoms with Crippen molar-refractivity contribution in [2.45, 2.75) is 38.3 Å². The zero-order valence-corrected chi connectivity index (χ0v) is 17.1. The second kappa shape index (κ2) is 8.81. The molecule has 0 saturated heterocycles. The van der Waals surface area contributed by atoms with Gasteiger partial charge in [0.15, 0.2) is 0 Å². The summed E-state index contributed by atoms with van der Waals surface area (Å²) in [6, 6.07) is 17.0. The highest BCUT2D eigenvalue weighted by molar-refractivity contribution is 7.80. The minimum Gasteiger partial charge on any atom is -0.755 e. The number of carbonyl (C=O) groups is 1. The van der Waals surface area contributed by atoms with Crippen LogP contribution in [0.25, 0.3) is 11.1 Å². The largest absolute Gasteiger partial charge is 0.755 e. The van der Waals surface area contributed by atoms with Crippen molar-refractivity contribution in [1.82, 2.24) is 9.78 Å². The lowest BCUT2D eigenvalue weighted by atomic mass is 9.92. The van der Waals surface area contributed by atoms with Crippen LogP contribution in [0.3, 0.4) is 0 Å². The van der Waals surface area contributed by atoms with Gasteiger partial charge < -0.3 is 9.66 Å². The predicted molar refractivity (Wildman–Crippen MR) is 113 cm³/mol. The van der Waals surface area contributed by atoms with Crippen molar-refractivity contribution in [1.29, 1.82) is 0 Å². The Kier molecular flexibility index (Phi) is 5.96. The van der Waals surface area contributed by atoms with Crippen LogP contribution in [0.4, 0.5) is 5.69 Å². The van der Waals surface area contributed by atoms with E-state index in [-0.39, 0.29) is 19.0 Å². The molecule has 1 aliphatic carbocycles. The van der Waals surface area contributed by atoms with Gasteiger partial charge in [-0.3, -0.25) is 18.0 Å². The van der Waals surface area contributed by atoms with Crippen LogP contribution in [0, 0.1) is 0 Å². The smallest absolute Gasteiger partial charge is 0.305 e. The van der Waals surface area contributed by atoms with Gasteiger partial charge in [0.1, 0.15) is 0 Å². The molecule has 156 valence electrons. The van der Waals surface area contributed by atoms with E-state index in [0.29, 0.717) is 12.1 Å². The van der Waals surface area contributed by atoms with Crippen LogP contribution in [-0.2, 0) is 29.0 Å². The number of anilines is 1. The number of hydrogen-bond acceptors (Lipinski definition) is 4. The summed E-state index contributed by atoms with van der Waals surface area (Å²) in [5.41, 5.74) is 4.45. The number of benzene rings is 2. The topological polar surface area (TPSA) is 98.5 Å². The molecule has 1 heterocycles. The number of carboxylic acid groups (broad SMARTS) is 1. The summed E-state index contributed by atoms with van der Waals surface area (Å²) >= 11 is -2.46. The van der Waals surface area contributed by atoms with Crippen LogP contribution >= 0.6 is 0 Å². The van der Waals surface area contributed by atoms with Gasteiger partial charge in [-0.25, -0.2) is 0 Å². The van der Waals surface area contributed by atoms with Crippen molar-refractivity contribution >= 4 is 22.9 Å². The molecule has 7 nitrogen and oxygen atoms in total. The maximum Gasteiger partial charge on any atom is 0.305 e. The van der Waals surface area contributed by atoms with Crippen molar-refractivity contribution in [2.75, 3.05) is 4.31 Å². The van der Waals surface area contributed by atoms with Crippen LogP contribution in [0.2, 0.25) is 0 Å². The molecular formula is C22H22N3O4S-.